The second-order valence-corrected chi connectivity index (χ2v) is 6.71. The third kappa shape index (κ3) is 3.68. The Labute approximate surface area is 168 Å². The second kappa shape index (κ2) is 8.16. The average molecular weight is 405 g/mol. The molecule has 1 N–H and O–H groups in total. The zero-order chi connectivity index (χ0) is 19.0. The van der Waals surface area contributed by atoms with Crippen LogP contribution in [0.5, 0.6) is 0 Å². The highest BCUT2D eigenvalue weighted by Gasteiger charge is 2.24. The minimum absolute atomic E-state index is 0. The fourth-order valence-corrected chi connectivity index (χ4v) is 3.56. The number of rotatable bonds is 3. The van der Waals surface area contributed by atoms with Crippen LogP contribution in [0, 0.1) is 12.7 Å². The molecule has 8 heteroatoms. The first-order valence-electron chi connectivity index (χ1n) is 8.89. The molecule has 1 saturated heterocycles. The number of morpholine rings is 1. The molecule has 0 spiro atoms. The molecule has 3 heterocycles. The lowest BCUT2D eigenvalue weighted by molar-refractivity contribution is 0.0304. The monoisotopic (exact) mass is 404 g/mol. The molecule has 1 aliphatic rings. The van der Waals surface area contributed by atoms with Crippen molar-refractivity contribution in [3.8, 4) is 0 Å². The van der Waals surface area contributed by atoms with Gasteiger partial charge < -0.3 is 19.5 Å². The first kappa shape index (κ1) is 20.1. The maximum Gasteiger partial charge on any atom is 0.256 e. The Morgan fingerprint density at radius 2 is 2.04 bits per heavy atom. The van der Waals surface area contributed by atoms with Gasteiger partial charge in [0, 0.05) is 43.6 Å². The molecular weight excluding hydrogens is 383 g/mol. The Kier molecular flexibility index (Phi) is 5.86. The van der Waals surface area contributed by atoms with Crippen molar-refractivity contribution in [3.63, 3.8) is 0 Å². The number of anilines is 2. The van der Waals surface area contributed by atoms with Gasteiger partial charge >= 0.3 is 0 Å². The van der Waals surface area contributed by atoms with E-state index < -0.39 is 0 Å². The van der Waals surface area contributed by atoms with Gasteiger partial charge in [0.25, 0.3) is 5.91 Å². The fraction of sp³-hybridized carbons (Fsp3) is 0.300. The molecule has 0 aliphatic carbocycles. The van der Waals surface area contributed by atoms with Crippen molar-refractivity contribution in [3.05, 3.63) is 53.6 Å². The summed E-state index contributed by atoms with van der Waals surface area (Å²) >= 11 is 0. The maximum atomic E-state index is 13.5. The van der Waals surface area contributed by atoms with Crippen molar-refractivity contribution in [1.29, 1.82) is 0 Å². The lowest BCUT2D eigenvalue weighted by Gasteiger charge is -2.27. The molecule has 0 unspecified atom stereocenters. The Morgan fingerprint density at radius 1 is 1.29 bits per heavy atom. The van der Waals surface area contributed by atoms with E-state index in [0.717, 1.165) is 16.5 Å². The summed E-state index contributed by atoms with van der Waals surface area (Å²) in [4.78, 5) is 19.3. The maximum absolute atomic E-state index is 13.5. The van der Waals surface area contributed by atoms with E-state index >= 15 is 0 Å². The highest BCUT2D eigenvalue weighted by molar-refractivity contribution is 6.10. The summed E-state index contributed by atoms with van der Waals surface area (Å²) in [5, 5.41) is 4.03. The standard InChI is InChI=1S/C20H21FN4O2.ClH/c1-13-12-24(2)18-17(13)16(20(26)25-6-8-27-9-7-25)11-22-19(18)23-15-5-3-4-14(21)10-15;/h3-5,10-12H,6-9H2,1-2H3,(H,22,23);1H. The summed E-state index contributed by atoms with van der Waals surface area (Å²) in [5.41, 5.74) is 2.99. The average Bonchev–Trinajstić information content (AvgIpc) is 2.97. The Morgan fingerprint density at radius 3 is 2.75 bits per heavy atom. The molecule has 1 amide bonds. The van der Waals surface area contributed by atoms with Crippen LogP contribution in [-0.4, -0.2) is 46.7 Å². The molecule has 2 aromatic heterocycles. The highest BCUT2D eigenvalue weighted by Crippen LogP contribution is 2.31. The van der Waals surface area contributed by atoms with E-state index in [1.54, 1.807) is 23.2 Å². The third-order valence-corrected chi connectivity index (χ3v) is 4.80. The van der Waals surface area contributed by atoms with Gasteiger partial charge in [-0.25, -0.2) is 9.37 Å². The number of nitrogens with one attached hydrogen (secondary N) is 1. The topological polar surface area (TPSA) is 59.4 Å². The van der Waals surface area contributed by atoms with Crippen LogP contribution < -0.4 is 5.32 Å². The van der Waals surface area contributed by atoms with Crippen LogP contribution in [0.25, 0.3) is 10.9 Å². The van der Waals surface area contributed by atoms with Crippen LogP contribution >= 0.6 is 12.4 Å². The number of hydrogen-bond donors (Lipinski definition) is 1. The minimum Gasteiger partial charge on any atom is -0.378 e. The van der Waals surface area contributed by atoms with Crippen LogP contribution in [0.3, 0.4) is 0 Å². The molecular formula is C20H22ClFN4O2. The highest BCUT2D eigenvalue weighted by atomic mass is 35.5. The van der Waals surface area contributed by atoms with Gasteiger partial charge in [0.15, 0.2) is 5.82 Å². The number of fused-ring (bicyclic) bond motifs is 1. The van der Waals surface area contributed by atoms with Crippen molar-refractivity contribution in [2.75, 3.05) is 31.6 Å². The Hall–Kier alpha value is -2.64. The number of pyridine rings is 1. The number of benzene rings is 1. The summed E-state index contributed by atoms with van der Waals surface area (Å²) in [6, 6.07) is 6.22. The van der Waals surface area contributed by atoms with Gasteiger partial charge in [-0.1, -0.05) is 6.07 Å². The molecule has 28 heavy (non-hydrogen) atoms. The van der Waals surface area contributed by atoms with E-state index in [1.807, 2.05) is 24.7 Å². The van der Waals surface area contributed by atoms with Crippen LogP contribution in [0.4, 0.5) is 15.9 Å². The van der Waals surface area contributed by atoms with Crippen LogP contribution in [0.1, 0.15) is 15.9 Å². The summed E-state index contributed by atoms with van der Waals surface area (Å²) in [7, 11) is 1.91. The van der Waals surface area contributed by atoms with E-state index in [9.17, 15) is 9.18 Å². The van der Waals surface area contributed by atoms with Gasteiger partial charge in [-0.05, 0) is 30.7 Å². The molecule has 0 saturated carbocycles. The Bertz CT molecular complexity index is 1010. The third-order valence-electron chi connectivity index (χ3n) is 4.80. The summed E-state index contributed by atoms with van der Waals surface area (Å²) < 4.78 is 20.8. The zero-order valence-corrected chi connectivity index (χ0v) is 16.6. The number of ether oxygens (including phenoxy) is 1. The molecule has 1 fully saturated rings. The smallest absolute Gasteiger partial charge is 0.256 e. The molecule has 0 atom stereocenters. The van der Waals surface area contributed by atoms with Crippen LogP contribution in [0.2, 0.25) is 0 Å². The molecule has 0 bridgehead atoms. The molecule has 3 aromatic rings. The number of carbonyl (C=O) groups excluding carboxylic acids is 1. The quantitative estimate of drug-likeness (QED) is 0.723. The van der Waals surface area contributed by atoms with Gasteiger partial charge in [0.2, 0.25) is 0 Å². The predicted octanol–water partition coefficient (Wildman–Crippen LogP) is 3.66. The summed E-state index contributed by atoms with van der Waals surface area (Å²) in [6.45, 7) is 4.24. The number of aromatic nitrogens is 2. The predicted molar refractivity (Wildman–Crippen MR) is 109 cm³/mol. The fourth-order valence-electron chi connectivity index (χ4n) is 3.56. The molecule has 148 valence electrons. The van der Waals surface area contributed by atoms with Crippen molar-refractivity contribution < 1.29 is 13.9 Å². The van der Waals surface area contributed by atoms with Gasteiger partial charge in [0.05, 0.1) is 24.3 Å². The van der Waals surface area contributed by atoms with Gasteiger partial charge in [-0.2, -0.15) is 0 Å². The first-order valence-corrected chi connectivity index (χ1v) is 8.89. The van der Waals surface area contributed by atoms with E-state index in [1.165, 1.54) is 12.1 Å². The summed E-state index contributed by atoms with van der Waals surface area (Å²) in [5.74, 6) is 0.227. The van der Waals surface area contributed by atoms with E-state index in [0.29, 0.717) is 43.4 Å². The largest absolute Gasteiger partial charge is 0.378 e. The molecule has 0 radical (unpaired) electrons. The number of hydrogen-bond acceptors (Lipinski definition) is 4. The Balaban J connectivity index is 0.00000225. The van der Waals surface area contributed by atoms with E-state index in [-0.39, 0.29) is 24.1 Å². The van der Waals surface area contributed by atoms with Crippen LogP contribution in [-0.2, 0) is 11.8 Å². The first-order chi connectivity index (χ1) is 13.0. The van der Waals surface area contributed by atoms with Crippen molar-refractivity contribution in [2.24, 2.45) is 7.05 Å². The van der Waals surface area contributed by atoms with Gasteiger partial charge in [0.1, 0.15) is 5.82 Å². The number of halogens is 2. The lowest BCUT2D eigenvalue weighted by atomic mass is 10.1. The lowest BCUT2D eigenvalue weighted by Crippen LogP contribution is -2.40. The van der Waals surface area contributed by atoms with Crippen molar-refractivity contribution >= 4 is 40.7 Å². The van der Waals surface area contributed by atoms with E-state index in [2.05, 4.69) is 10.3 Å². The molecule has 4 rings (SSSR count). The SMILES string of the molecule is Cc1cn(C)c2c(Nc3cccc(F)c3)ncc(C(=O)N3CCOCC3)c12.Cl. The van der Waals surface area contributed by atoms with Gasteiger partial charge in [-0.3, -0.25) is 4.79 Å². The minimum atomic E-state index is -0.321. The van der Waals surface area contributed by atoms with Crippen molar-refractivity contribution in [1.82, 2.24) is 14.5 Å². The molecule has 1 aliphatic heterocycles. The molecule has 6 nitrogen and oxygen atoms in total. The summed E-state index contributed by atoms with van der Waals surface area (Å²) in [6.07, 6.45) is 3.58. The normalized spacial score (nSPS) is 14.0. The zero-order valence-electron chi connectivity index (χ0n) is 15.7. The van der Waals surface area contributed by atoms with Gasteiger partial charge in [-0.15, -0.1) is 12.4 Å². The number of carbonyl (C=O) groups is 1. The second-order valence-electron chi connectivity index (χ2n) is 6.71. The number of nitrogens with zero attached hydrogens (tertiary/aromatic N) is 3. The van der Waals surface area contributed by atoms with Crippen molar-refractivity contribution in [2.45, 2.75) is 6.92 Å². The number of amides is 1. The number of aryl methyl sites for hydroxylation is 2. The van der Waals surface area contributed by atoms with E-state index in [4.69, 9.17) is 4.74 Å². The van der Waals surface area contributed by atoms with Crippen LogP contribution in [0.15, 0.2) is 36.7 Å². The molecule has 1 aromatic carbocycles.